The van der Waals surface area contributed by atoms with Gasteiger partial charge in [0.2, 0.25) is 5.91 Å². The van der Waals surface area contributed by atoms with E-state index in [9.17, 15) is 9.90 Å². The number of methoxy groups -OCH3 is 1. The van der Waals surface area contributed by atoms with E-state index in [0.29, 0.717) is 24.8 Å². The van der Waals surface area contributed by atoms with Gasteiger partial charge >= 0.3 is 0 Å². The summed E-state index contributed by atoms with van der Waals surface area (Å²) in [6.45, 7) is 2.01. The van der Waals surface area contributed by atoms with Crippen LogP contribution in [-0.2, 0) is 4.79 Å². The summed E-state index contributed by atoms with van der Waals surface area (Å²) >= 11 is 0. The number of carbonyl (C=O) groups excluding carboxylic acids is 1. The molecule has 1 heterocycles. The van der Waals surface area contributed by atoms with Gasteiger partial charge in [0.1, 0.15) is 11.5 Å². The number of carbonyl (C=O) groups is 1. The minimum absolute atomic E-state index is 0.0274. The SMILES string of the molecule is COc1cccc(OCCC(=O)N[C@@H]2CCC[C@@H]2N2CCC(O)C2)c1. The third-order valence-corrected chi connectivity index (χ3v) is 5.13. The maximum atomic E-state index is 12.3. The van der Waals surface area contributed by atoms with Gasteiger partial charge in [-0.2, -0.15) is 0 Å². The number of rotatable bonds is 7. The summed E-state index contributed by atoms with van der Waals surface area (Å²) in [4.78, 5) is 14.6. The number of ether oxygens (including phenoxy) is 2. The molecule has 2 fully saturated rings. The molecular weight excluding hydrogens is 320 g/mol. The maximum absolute atomic E-state index is 12.3. The Balaban J connectivity index is 1.42. The quantitative estimate of drug-likeness (QED) is 0.783. The van der Waals surface area contributed by atoms with Gasteiger partial charge in [-0.15, -0.1) is 0 Å². The molecule has 1 aliphatic heterocycles. The van der Waals surface area contributed by atoms with Crippen molar-refractivity contribution in [3.05, 3.63) is 24.3 Å². The Labute approximate surface area is 149 Å². The van der Waals surface area contributed by atoms with E-state index >= 15 is 0 Å². The van der Waals surface area contributed by atoms with Crippen molar-refractivity contribution in [2.45, 2.75) is 50.3 Å². The summed E-state index contributed by atoms with van der Waals surface area (Å²) in [5.41, 5.74) is 0. The Kier molecular flexibility index (Phi) is 6.15. The first-order valence-corrected chi connectivity index (χ1v) is 9.14. The number of nitrogens with zero attached hydrogens (tertiary/aromatic N) is 1. The van der Waals surface area contributed by atoms with Crippen LogP contribution in [0.4, 0.5) is 0 Å². The number of nitrogens with one attached hydrogen (secondary N) is 1. The zero-order valence-corrected chi connectivity index (χ0v) is 14.8. The lowest BCUT2D eigenvalue weighted by Crippen LogP contribution is -2.48. The number of amides is 1. The zero-order valence-electron chi connectivity index (χ0n) is 14.8. The third-order valence-electron chi connectivity index (χ3n) is 5.13. The van der Waals surface area contributed by atoms with Crippen LogP contribution in [0.1, 0.15) is 32.1 Å². The van der Waals surface area contributed by atoms with Gasteiger partial charge in [0, 0.05) is 31.2 Å². The highest BCUT2D eigenvalue weighted by Gasteiger charge is 2.36. The van der Waals surface area contributed by atoms with Gasteiger partial charge in [0.05, 0.1) is 26.2 Å². The Hall–Kier alpha value is -1.79. The van der Waals surface area contributed by atoms with E-state index in [1.807, 2.05) is 24.3 Å². The fourth-order valence-corrected chi connectivity index (χ4v) is 3.85. The van der Waals surface area contributed by atoms with Crippen LogP contribution in [0.2, 0.25) is 0 Å². The number of aliphatic hydroxyl groups is 1. The van der Waals surface area contributed by atoms with E-state index in [0.717, 1.165) is 44.5 Å². The monoisotopic (exact) mass is 348 g/mol. The summed E-state index contributed by atoms with van der Waals surface area (Å²) in [6, 6.07) is 7.93. The molecule has 1 unspecified atom stereocenters. The van der Waals surface area contributed by atoms with Crippen molar-refractivity contribution >= 4 is 5.91 Å². The first-order valence-electron chi connectivity index (χ1n) is 9.14. The van der Waals surface area contributed by atoms with Crippen molar-refractivity contribution in [2.75, 3.05) is 26.8 Å². The summed E-state index contributed by atoms with van der Waals surface area (Å²) in [7, 11) is 1.62. The molecule has 1 aliphatic carbocycles. The molecule has 0 spiro atoms. The first-order chi connectivity index (χ1) is 12.2. The zero-order chi connectivity index (χ0) is 17.6. The number of hydrogen-bond donors (Lipinski definition) is 2. The van der Waals surface area contributed by atoms with Crippen molar-refractivity contribution in [2.24, 2.45) is 0 Å². The lowest BCUT2D eigenvalue weighted by Gasteiger charge is -2.29. The summed E-state index contributed by atoms with van der Waals surface area (Å²) in [5, 5.41) is 12.9. The van der Waals surface area contributed by atoms with Gasteiger partial charge in [0.25, 0.3) is 0 Å². The fraction of sp³-hybridized carbons (Fsp3) is 0.632. The van der Waals surface area contributed by atoms with Crippen molar-refractivity contribution in [1.82, 2.24) is 10.2 Å². The van der Waals surface area contributed by atoms with E-state index in [-0.39, 0.29) is 18.1 Å². The largest absolute Gasteiger partial charge is 0.497 e. The summed E-state index contributed by atoms with van der Waals surface area (Å²) < 4.78 is 10.8. The highest BCUT2D eigenvalue weighted by molar-refractivity contribution is 5.76. The standard InChI is InChI=1S/C19H28N2O4/c1-24-15-4-2-5-16(12-15)25-11-9-19(23)20-17-6-3-7-18(17)21-10-8-14(22)13-21/h2,4-5,12,14,17-18,22H,3,6-11,13H2,1H3,(H,20,23)/t14?,17-,18+/m1/s1. The lowest BCUT2D eigenvalue weighted by atomic mass is 10.1. The van der Waals surface area contributed by atoms with Gasteiger partial charge in [-0.1, -0.05) is 6.07 Å². The molecule has 6 heteroatoms. The van der Waals surface area contributed by atoms with Gasteiger partial charge < -0.3 is 19.9 Å². The van der Waals surface area contributed by atoms with Crippen LogP contribution in [-0.4, -0.2) is 60.9 Å². The number of β-amino-alcohol motifs (C(OH)–C–C–N with tert-alkyl or cyclic N) is 1. The lowest BCUT2D eigenvalue weighted by molar-refractivity contribution is -0.122. The fourth-order valence-electron chi connectivity index (χ4n) is 3.85. The molecular formula is C19H28N2O4. The average Bonchev–Trinajstić information content (AvgIpc) is 3.23. The molecule has 25 heavy (non-hydrogen) atoms. The van der Waals surface area contributed by atoms with Crippen LogP contribution < -0.4 is 14.8 Å². The molecule has 1 amide bonds. The van der Waals surface area contributed by atoms with E-state index in [1.54, 1.807) is 7.11 Å². The van der Waals surface area contributed by atoms with Crippen LogP contribution in [0.3, 0.4) is 0 Å². The second-order valence-corrected chi connectivity index (χ2v) is 6.89. The number of aliphatic hydroxyl groups excluding tert-OH is 1. The minimum Gasteiger partial charge on any atom is -0.497 e. The third kappa shape index (κ3) is 4.86. The van der Waals surface area contributed by atoms with Crippen LogP contribution in [0.5, 0.6) is 11.5 Å². The molecule has 1 saturated heterocycles. The molecule has 1 aromatic carbocycles. The molecule has 1 saturated carbocycles. The van der Waals surface area contributed by atoms with E-state index < -0.39 is 0 Å². The molecule has 3 atom stereocenters. The number of benzene rings is 1. The first kappa shape index (κ1) is 18.0. The summed E-state index contributed by atoms with van der Waals surface area (Å²) in [6.07, 6.45) is 4.20. The smallest absolute Gasteiger partial charge is 0.223 e. The van der Waals surface area contributed by atoms with Gasteiger partial charge in [-0.25, -0.2) is 0 Å². The predicted molar refractivity (Wildman–Crippen MR) is 94.9 cm³/mol. The number of likely N-dealkylation sites (tertiary alicyclic amines) is 1. The molecule has 0 bridgehead atoms. The second kappa shape index (κ2) is 8.54. The van der Waals surface area contributed by atoms with Crippen molar-refractivity contribution in [1.29, 1.82) is 0 Å². The van der Waals surface area contributed by atoms with Crippen LogP contribution in [0.25, 0.3) is 0 Å². The van der Waals surface area contributed by atoms with Crippen LogP contribution >= 0.6 is 0 Å². The molecule has 3 rings (SSSR count). The molecule has 2 aliphatic rings. The van der Waals surface area contributed by atoms with E-state index in [1.165, 1.54) is 0 Å². The Morgan fingerprint density at radius 1 is 1.32 bits per heavy atom. The number of hydrogen-bond acceptors (Lipinski definition) is 5. The van der Waals surface area contributed by atoms with Crippen molar-refractivity contribution in [3.8, 4) is 11.5 Å². The molecule has 6 nitrogen and oxygen atoms in total. The van der Waals surface area contributed by atoms with Crippen molar-refractivity contribution in [3.63, 3.8) is 0 Å². The Bertz CT molecular complexity index is 580. The Morgan fingerprint density at radius 3 is 2.92 bits per heavy atom. The van der Waals surface area contributed by atoms with E-state index in [4.69, 9.17) is 9.47 Å². The van der Waals surface area contributed by atoms with Gasteiger partial charge in [-0.3, -0.25) is 9.69 Å². The highest BCUT2D eigenvalue weighted by atomic mass is 16.5. The molecule has 2 N–H and O–H groups in total. The molecule has 1 aromatic rings. The normalized spacial score (nSPS) is 26.6. The predicted octanol–water partition coefficient (Wildman–Crippen LogP) is 1.57. The maximum Gasteiger partial charge on any atom is 0.223 e. The van der Waals surface area contributed by atoms with Crippen LogP contribution in [0.15, 0.2) is 24.3 Å². The highest BCUT2D eigenvalue weighted by Crippen LogP contribution is 2.27. The summed E-state index contributed by atoms with van der Waals surface area (Å²) in [5.74, 6) is 1.47. The van der Waals surface area contributed by atoms with Gasteiger partial charge in [-0.05, 0) is 37.8 Å². The van der Waals surface area contributed by atoms with Crippen LogP contribution in [0, 0.1) is 0 Å². The molecule has 0 aromatic heterocycles. The molecule has 0 radical (unpaired) electrons. The van der Waals surface area contributed by atoms with Gasteiger partial charge in [0.15, 0.2) is 0 Å². The van der Waals surface area contributed by atoms with E-state index in [2.05, 4.69) is 10.2 Å². The second-order valence-electron chi connectivity index (χ2n) is 6.89. The Morgan fingerprint density at radius 2 is 2.16 bits per heavy atom. The molecule has 138 valence electrons. The van der Waals surface area contributed by atoms with Crippen molar-refractivity contribution < 1.29 is 19.4 Å². The topological polar surface area (TPSA) is 71.0 Å². The average molecular weight is 348 g/mol. The minimum atomic E-state index is -0.215.